The summed E-state index contributed by atoms with van der Waals surface area (Å²) in [5, 5.41) is 13.3. The van der Waals surface area contributed by atoms with Crippen LogP contribution in [0.3, 0.4) is 0 Å². The molecule has 0 aromatic carbocycles. The van der Waals surface area contributed by atoms with Crippen molar-refractivity contribution in [3.63, 3.8) is 0 Å². The number of aliphatic imine (C=N–C) groups is 1. The molecule has 0 saturated heterocycles. The summed E-state index contributed by atoms with van der Waals surface area (Å²) in [5.74, 6) is 1.33. The van der Waals surface area contributed by atoms with E-state index in [2.05, 4.69) is 24.1 Å². The smallest absolute Gasteiger partial charge is 0.194 e. The molecule has 0 aliphatic carbocycles. The van der Waals surface area contributed by atoms with Gasteiger partial charge in [-0.3, -0.25) is 4.99 Å². The average Bonchev–Trinajstić information content (AvgIpc) is 2.81. The van der Waals surface area contributed by atoms with Crippen molar-refractivity contribution in [2.75, 3.05) is 26.7 Å². The maximum absolute atomic E-state index is 9.18. The molecule has 0 radical (unpaired) electrons. The Morgan fingerprint density at radius 3 is 2.70 bits per heavy atom. The highest BCUT2D eigenvalue weighted by molar-refractivity contribution is 6.30. The van der Waals surface area contributed by atoms with Gasteiger partial charge >= 0.3 is 0 Å². The molecule has 0 bridgehead atoms. The second-order valence-corrected chi connectivity index (χ2v) is 6.41. The van der Waals surface area contributed by atoms with Crippen molar-refractivity contribution in [2.45, 2.75) is 39.7 Å². The third-order valence-electron chi connectivity index (χ3n) is 3.90. The van der Waals surface area contributed by atoms with Crippen molar-refractivity contribution in [3.8, 4) is 0 Å². The molecule has 0 saturated carbocycles. The van der Waals surface area contributed by atoms with Crippen LogP contribution in [0.5, 0.6) is 0 Å². The number of hydrogen-bond donors (Lipinski definition) is 2. The Bertz CT molecular complexity index is 481. The third-order valence-corrected chi connectivity index (χ3v) is 4.11. The molecule has 1 atom stereocenters. The minimum atomic E-state index is 0.231. The summed E-state index contributed by atoms with van der Waals surface area (Å²) in [7, 11) is 4.03. The minimum Gasteiger partial charge on any atom is -0.396 e. The molecule has 1 rings (SSSR count). The molecule has 132 valence electrons. The zero-order valence-electron chi connectivity index (χ0n) is 14.8. The van der Waals surface area contributed by atoms with Crippen LogP contribution in [0.15, 0.2) is 17.3 Å². The van der Waals surface area contributed by atoms with E-state index in [1.165, 1.54) is 0 Å². The van der Waals surface area contributed by atoms with E-state index in [1.807, 2.05) is 30.9 Å². The fourth-order valence-electron chi connectivity index (χ4n) is 2.64. The Morgan fingerprint density at radius 1 is 1.43 bits per heavy atom. The molecule has 6 heteroatoms. The number of guanidine groups is 1. The van der Waals surface area contributed by atoms with Gasteiger partial charge in [-0.05, 0) is 31.7 Å². The largest absolute Gasteiger partial charge is 0.396 e. The molecule has 0 aliphatic heterocycles. The highest BCUT2D eigenvalue weighted by atomic mass is 35.5. The van der Waals surface area contributed by atoms with Gasteiger partial charge in [-0.25, -0.2) is 0 Å². The van der Waals surface area contributed by atoms with Crippen molar-refractivity contribution in [1.29, 1.82) is 0 Å². The Morgan fingerprint density at radius 2 is 2.17 bits per heavy atom. The number of aliphatic hydroxyl groups excluding tert-OH is 1. The minimum absolute atomic E-state index is 0.231. The van der Waals surface area contributed by atoms with Gasteiger partial charge in [-0.2, -0.15) is 0 Å². The Labute approximate surface area is 145 Å². The van der Waals surface area contributed by atoms with Crippen LogP contribution < -0.4 is 5.32 Å². The number of aromatic nitrogens is 1. The summed E-state index contributed by atoms with van der Waals surface area (Å²) in [4.78, 5) is 6.87. The van der Waals surface area contributed by atoms with E-state index in [9.17, 15) is 5.11 Å². The first-order valence-electron chi connectivity index (χ1n) is 8.42. The number of aliphatic hydroxyl groups is 1. The van der Waals surface area contributed by atoms with Gasteiger partial charge in [0.15, 0.2) is 5.96 Å². The zero-order valence-corrected chi connectivity index (χ0v) is 15.6. The lowest BCUT2D eigenvalue weighted by Crippen LogP contribution is -2.39. The van der Waals surface area contributed by atoms with Crippen LogP contribution in [0.1, 0.15) is 38.8 Å². The van der Waals surface area contributed by atoms with E-state index in [-0.39, 0.29) is 6.61 Å². The molecular formula is C17H31ClN4O. The molecule has 2 N–H and O–H groups in total. The molecule has 0 fully saturated rings. The second-order valence-electron chi connectivity index (χ2n) is 5.98. The van der Waals surface area contributed by atoms with E-state index in [1.54, 1.807) is 0 Å². The van der Waals surface area contributed by atoms with Crippen LogP contribution in [0, 0.1) is 5.92 Å². The summed E-state index contributed by atoms with van der Waals surface area (Å²) in [6.45, 7) is 6.79. The van der Waals surface area contributed by atoms with Gasteiger partial charge in [0.25, 0.3) is 0 Å². The summed E-state index contributed by atoms with van der Waals surface area (Å²) in [6.07, 6.45) is 4.94. The summed E-state index contributed by atoms with van der Waals surface area (Å²) < 4.78 is 2.04. The number of hydrogen-bond acceptors (Lipinski definition) is 2. The number of rotatable bonds is 9. The van der Waals surface area contributed by atoms with Gasteiger partial charge in [0.2, 0.25) is 0 Å². The quantitative estimate of drug-likeness (QED) is 0.536. The van der Waals surface area contributed by atoms with Crippen LogP contribution in [-0.2, 0) is 13.6 Å². The maximum atomic E-state index is 9.18. The van der Waals surface area contributed by atoms with E-state index in [4.69, 9.17) is 16.6 Å². The van der Waals surface area contributed by atoms with Crippen LogP contribution >= 0.6 is 11.6 Å². The predicted molar refractivity (Wildman–Crippen MR) is 98.0 cm³/mol. The van der Waals surface area contributed by atoms with Gasteiger partial charge in [-0.15, -0.1) is 0 Å². The molecule has 0 aliphatic rings. The van der Waals surface area contributed by atoms with Crippen molar-refractivity contribution in [1.82, 2.24) is 14.8 Å². The maximum Gasteiger partial charge on any atom is 0.194 e. The van der Waals surface area contributed by atoms with Crippen molar-refractivity contribution >= 4 is 17.6 Å². The normalized spacial score (nSPS) is 13.2. The summed E-state index contributed by atoms with van der Waals surface area (Å²) in [5.41, 5.74) is 1.14. The SMILES string of the molecule is CCCC(CCO)CN=C(NCC)N(C)Cc1cc(Cl)cn1C. The number of aryl methyl sites for hydroxylation is 1. The molecule has 23 heavy (non-hydrogen) atoms. The van der Waals surface area contributed by atoms with E-state index in [0.29, 0.717) is 5.92 Å². The number of halogens is 1. The highest BCUT2D eigenvalue weighted by Gasteiger charge is 2.12. The van der Waals surface area contributed by atoms with E-state index < -0.39 is 0 Å². The van der Waals surface area contributed by atoms with Gasteiger partial charge < -0.3 is 19.9 Å². The zero-order chi connectivity index (χ0) is 17.2. The van der Waals surface area contributed by atoms with Crippen LogP contribution in [0.4, 0.5) is 0 Å². The first kappa shape index (κ1) is 19.8. The fraction of sp³-hybridized carbons (Fsp3) is 0.706. The average molecular weight is 343 g/mol. The van der Waals surface area contributed by atoms with Crippen LogP contribution in [0.25, 0.3) is 0 Å². The standard InChI is InChI=1S/C17H31ClN4O/c1-5-7-14(8-9-23)11-20-17(19-6-2)22(4)13-16-10-15(18)12-21(16)3/h10,12,14,23H,5-9,11,13H2,1-4H3,(H,19,20). The number of nitrogens with one attached hydrogen (secondary N) is 1. The molecule has 1 heterocycles. The van der Waals surface area contributed by atoms with Crippen LogP contribution in [-0.4, -0.2) is 47.3 Å². The summed E-state index contributed by atoms with van der Waals surface area (Å²) >= 11 is 6.05. The Hall–Kier alpha value is -1.20. The molecule has 1 unspecified atom stereocenters. The van der Waals surface area contributed by atoms with E-state index >= 15 is 0 Å². The molecule has 1 aromatic rings. The monoisotopic (exact) mass is 342 g/mol. The Kier molecular flexibility index (Phi) is 9.10. The molecule has 0 spiro atoms. The lowest BCUT2D eigenvalue weighted by atomic mass is 10.0. The first-order chi connectivity index (χ1) is 11.0. The fourth-order valence-corrected chi connectivity index (χ4v) is 2.92. The van der Waals surface area contributed by atoms with Gasteiger partial charge in [0.05, 0.1) is 11.6 Å². The highest BCUT2D eigenvalue weighted by Crippen LogP contribution is 2.15. The lowest BCUT2D eigenvalue weighted by molar-refractivity contribution is 0.253. The topological polar surface area (TPSA) is 52.8 Å². The molecule has 5 nitrogen and oxygen atoms in total. The van der Waals surface area contributed by atoms with Gasteiger partial charge in [0.1, 0.15) is 0 Å². The Balaban J connectivity index is 2.74. The molecule has 1 aromatic heterocycles. The van der Waals surface area contributed by atoms with E-state index in [0.717, 1.165) is 55.6 Å². The first-order valence-corrected chi connectivity index (χ1v) is 8.80. The predicted octanol–water partition coefficient (Wildman–Crippen LogP) is 2.87. The van der Waals surface area contributed by atoms with Gasteiger partial charge in [0, 0.05) is 45.7 Å². The van der Waals surface area contributed by atoms with Crippen molar-refractivity contribution in [3.05, 3.63) is 23.0 Å². The molecular weight excluding hydrogens is 312 g/mol. The second kappa shape index (κ2) is 10.6. The number of nitrogens with zero attached hydrogens (tertiary/aromatic N) is 3. The lowest BCUT2D eigenvalue weighted by Gasteiger charge is -2.23. The van der Waals surface area contributed by atoms with Crippen molar-refractivity contribution in [2.24, 2.45) is 18.0 Å². The molecule has 0 amide bonds. The summed E-state index contributed by atoms with van der Waals surface area (Å²) in [6, 6.07) is 1.98. The van der Waals surface area contributed by atoms with Crippen molar-refractivity contribution < 1.29 is 5.11 Å². The van der Waals surface area contributed by atoms with Crippen LogP contribution in [0.2, 0.25) is 5.02 Å². The van der Waals surface area contributed by atoms with Gasteiger partial charge in [-0.1, -0.05) is 24.9 Å². The third kappa shape index (κ3) is 6.83.